The SMILES string of the molecule is CC1CCC(C(=O)CCc2cccs2)O1. The molecule has 82 valence electrons. The number of hydrogen-bond donors (Lipinski definition) is 0. The van der Waals surface area contributed by atoms with E-state index >= 15 is 0 Å². The van der Waals surface area contributed by atoms with E-state index in [2.05, 4.69) is 6.07 Å². The smallest absolute Gasteiger partial charge is 0.161 e. The van der Waals surface area contributed by atoms with E-state index in [0.717, 1.165) is 19.3 Å². The molecule has 1 saturated heterocycles. The maximum absolute atomic E-state index is 11.8. The molecular formula is C12H16O2S. The van der Waals surface area contributed by atoms with Crippen LogP contribution in [0.3, 0.4) is 0 Å². The molecule has 0 bridgehead atoms. The van der Waals surface area contributed by atoms with Gasteiger partial charge >= 0.3 is 0 Å². The molecule has 0 saturated carbocycles. The van der Waals surface area contributed by atoms with Crippen LogP contribution < -0.4 is 0 Å². The molecule has 0 aromatic carbocycles. The number of carbonyl (C=O) groups is 1. The Labute approximate surface area is 94.3 Å². The van der Waals surface area contributed by atoms with Gasteiger partial charge in [0.15, 0.2) is 5.78 Å². The normalized spacial score (nSPS) is 25.7. The lowest BCUT2D eigenvalue weighted by atomic mass is 10.1. The fraction of sp³-hybridized carbons (Fsp3) is 0.583. The summed E-state index contributed by atoms with van der Waals surface area (Å²) in [7, 11) is 0. The number of Topliss-reactive ketones (excluding diaryl/α,β-unsaturated/α-hetero) is 1. The summed E-state index contributed by atoms with van der Waals surface area (Å²) in [5, 5.41) is 2.05. The Balaban J connectivity index is 1.78. The van der Waals surface area contributed by atoms with Crippen LogP contribution >= 0.6 is 11.3 Å². The molecule has 1 aliphatic heterocycles. The first-order chi connectivity index (χ1) is 7.25. The topological polar surface area (TPSA) is 26.3 Å². The molecule has 15 heavy (non-hydrogen) atoms. The van der Waals surface area contributed by atoms with Gasteiger partial charge in [-0.2, -0.15) is 0 Å². The van der Waals surface area contributed by atoms with E-state index in [1.807, 2.05) is 18.4 Å². The van der Waals surface area contributed by atoms with Crippen molar-refractivity contribution in [3.63, 3.8) is 0 Å². The molecule has 2 atom stereocenters. The van der Waals surface area contributed by atoms with Crippen molar-refractivity contribution in [3.8, 4) is 0 Å². The Morgan fingerprint density at radius 2 is 2.47 bits per heavy atom. The van der Waals surface area contributed by atoms with Crippen molar-refractivity contribution in [1.82, 2.24) is 0 Å². The van der Waals surface area contributed by atoms with Gasteiger partial charge in [0, 0.05) is 11.3 Å². The van der Waals surface area contributed by atoms with Crippen molar-refractivity contribution in [2.75, 3.05) is 0 Å². The fourth-order valence-corrected chi connectivity index (χ4v) is 2.61. The summed E-state index contributed by atoms with van der Waals surface area (Å²) in [4.78, 5) is 13.1. The Hall–Kier alpha value is -0.670. The van der Waals surface area contributed by atoms with Crippen LogP contribution in [0.4, 0.5) is 0 Å². The van der Waals surface area contributed by atoms with Gasteiger partial charge in [-0.3, -0.25) is 4.79 Å². The van der Waals surface area contributed by atoms with Gasteiger partial charge in [0.2, 0.25) is 0 Å². The second-order valence-corrected chi connectivity index (χ2v) is 5.09. The maximum atomic E-state index is 11.8. The lowest BCUT2D eigenvalue weighted by Crippen LogP contribution is -2.20. The number of carbonyl (C=O) groups excluding carboxylic acids is 1. The van der Waals surface area contributed by atoms with E-state index < -0.39 is 0 Å². The average Bonchev–Trinajstić information content (AvgIpc) is 2.84. The monoisotopic (exact) mass is 224 g/mol. The van der Waals surface area contributed by atoms with Gasteiger partial charge < -0.3 is 4.74 Å². The minimum atomic E-state index is -0.125. The zero-order valence-electron chi connectivity index (χ0n) is 8.94. The van der Waals surface area contributed by atoms with E-state index in [9.17, 15) is 4.79 Å². The summed E-state index contributed by atoms with van der Waals surface area (Å²) < 4.78 is 5.55. The quantitative estimate of drug-likeness (QED) is 0.786. The van der Waals surface area contributed by atoms with Gasteiger partial charge in [-0.25, -0.2) is 0 Å². The molecular weight excluding hydrogens is 208 g/mol. The number of hydrogen-bond acceptors (Lipinski definition) is 3. The molecule has 3 heteroatoms. The highest BCUT2D eigenvalue weighted by atomic mass is 32.1. The van der Waals surface area contributed by atoms with Crippen molar-refractivity contribution >= 4 is 17.1 Å². The molecule has 0 N–H and O–H groups in total. The summed E-state index contributed by atoms with van der Waals surface area (Å²) in [5.74, 6) is 0.271. The molecule has 2 rings (SSSR count). The summed E-state index contributed by atoms with van der Waals surface area (Å²) >= 11 is 1.71. The summed E-state index contributed by atoms with van der Waals surface area (Å²) in [5.41, 5.74) is 0. The summed E-state index contributed by atoms with van der Waals surface area (Å²) in [6.07, 6.45) is 3.56. The van der Waals surface area contributed by atoms with Gasteiger partial charge in [0.05, 0.1) is 6.10 Å². The predicted molar refractivity (Wildman–Crippen MR) is 61.2 cm³/mol. The van der Waals surface area contributed by atoms with Gasteiger partial charge in [-0.1, -0.05) is 6.07 Å². The second-order valence-electron chi connectivity index (χ2n) is 4.06. The van der Waals surface area contributed by atoms with Crippen LogP contribution in [-0.4, -0.2) is 18.0 Å². The lowest BCUT2D eigenvalue weighted by Gasteiger charge is -2.09. The molecule has 1 aliphatic rings. The van der Waals surface area contributed by atoms with Gasteiger partial charge in [0.25, 0.3) is 0 Å². The van der Waals surface area contributed by atoms with E-state index in [1.54, 1.807) is 11.3 Å². The van der Waals surface area contributed by atoms with Crippen molar-refractivity contribution < 1.29 is 9.53 Å². The number of ketones is 1. The predicted octanol–water partition coefficient (Wildman–Crippen LogP) is 2.82. The molecule has 2 unspecified atom stereocenters. The van der Waals surface area contributed by atoms with Crippen LogP contribution in [0.25, 0.3) is 0 Å². The van der Waals surface area contributed by atoms with E-state index in [1.165, 1.54) is 4.88 Å². The molecule has 0 radical (unpaired) electrons. The van der Waals surface area contributed by atoms with Crippen LogP contribution in [0.1, 0.15) is 31.1 Å². The highest BCUT2D eigenvalue weighted by Gasteiger charge is 2.27. The zero-order chi connectivity index (χ0) is 10.7. The largest absolute Gasteiger partial charge is 0.368 e. The highest BCUT2D eigenvalue weighted by Crippen LogP contribution is 2.21. The first-order valence-electron chi connectivity index (χ1n) is 5.46. The first-order valence-corrected chi connectivity index (χ1v) is 6.34. The standard InChI is InChI=1S/C12H16O2S/c1-9-4-7-12(14-9)11(13)6-5-10-3-2-8-15-10/h2-3,8-9,12H,4-7H2,1H3. The third-order valence-corrected chi connectivity index (χ3v) is 3.73. The van der Waals surface area contributed by atoms with Crippen LogP contribution in [0, 0.1) is 0 Å². The Kier molecular flexibility index (Phi) is 3.54. The van der Waals surface area contributed by atoms with Crippen molar-refractivity contribution in [3.05, 3.63) is 22.4 Å². The van der Waals surface area contributed by atoms with Gasteiger partial charge in [-0.15, -0.1) is 11.3 Å². The number of aryl methyl sites for hydroxylation is 1. The molecule has 2 heterocycles. The minimum Gasteiger partial charge on any atom is -0.368 e. The minimum absolute atomic E-state index is 0.125. The third-order valence-electron chi connectivity index (χ3n) is 2.79. The van der Waals surface area contributed by atoms with E-state index in [-0.39, 0.29) is 18.0 Å². The summed E-state index contributed by atoms with van der Waals surface area (Å²) in [6, 6.07) is 4.11. The number of ether oxygens (including phenoxy) is 1. The van der Waals surface area contributed by atoms with Crippen molar-refractivity contribution in [1.29, 1.82) is 0 Å². The fourth-order valence-electron chi connectivity index (χ4n) is 1.90. The molecule has 2 nitrogen and oxygen atoms in total. The van der Waals surface area contributed by atoms with Crippen LogP contribution in [-0.2, 0) is 16.0 Å². The average molecular weight is 224 g/mol. The number of rotatable bonds is 4. The molecule has 1 aromatic heterocycles. The molecule has 0 aliphatic carbocycles. The third kappa shape index (κ3) is 2.89. The van der Waals surface area contributed by atoms with E-state index in [0.29, 0.717) is 6.42 Å². The Morgan fingerprint density at radius 3 is 3.07 bits per heavy atom. The van der Waals surface area contributed by atoms with Crippen LogP contribution in [0.2, 0.25) is 0 Å². The van der Waals surface area contributed by atoms with Gasteiger partial charge in [-0.05, 0) is 37.6 Å². The molecule has 0 amide bonds. The van der Waals surface area contributed by atoms with Crippen LogP contribution in [0.15, 0.2) is 17.5 Å². The van der Waals surface area contributed by atoms with Gasteiger partial charge in [0.1, 0.15) is 6.10 Å². The summed E-state index contributed by atoms with van der Waals surface area (Å²) in [6.45, 7) is 2.03. The zero-order valence-corrected chi connectivity index (χ0v) is 9.76. The van der Waals surface area contributed by atoms with Crippen molar-refractivity contribution in [2.24, 2.45) is 0 Å². The van der Waals surface area contributed by atoms with Crippen LogP contribution in [0.5, 0.6) is 0 Å². The van der Waals surface area contributed by atoms with E-state index in [4.69, 9.17) is 4.74 Å². The molecule has 1 fully saturated rings. The Morgan fingerprint density at radius 1 is 1.60 bits per heavy atom. The Bertz CT molecular complexity index is 318. The second kappa shape index (κ2) is 4.90. The number of thiophene rings is 1. The maximum Gasteiger partial charge on any atom is 0.161 e. The molecule has 0 spiro atoms. The molecule has 1 aromatic rings. The lowest BCUT2D eigenvalue weighted by molar-refractivity contribution is -0.129. The first kappa shape index (κ1) is 10.8. The van der Waals surface area contributed by atoms with Crippen molar-refractivity contribution in [2.45, 2.75) is 44.8 Å². The highest BCUT2D eigenvalue weighted by molar-refractivity contribution is 7.09.